The minimum Gasteiger partial charge on any atom is -0.374 e. The first kappa shape index (κ1) is 20.7. The van der Waals surface area contributed by atoms with Crippen LogP contribution in [0.15, 0.2) is 24.5 Å². The predicted octanol–water partition coefficient (Wildman–Crippen LogP) is 3.18. The minimum absolute atomic E-state index is 0.0790. The molecule has 3 aromatic heterocycles. The molecule has 11 heteroatoms. The number of aromatic nitrogens is 4. The summed E-state index contributed by atoms with van der Waals surface area (Å²) in [5.41, 5.74) is -0.134. The van der Waals surface area contributed by atoms with Gasteiger partial charge in [-0.15, -0.1) is 0 Å². The number of alkyl halides is 3. The van der Waals surface area contributed by atoms with Crippen LogP contribution in [0, 0.1) is 0 Å². The van der Waals surface area contributed by atoms with Crippen LogP contribution in [0.3, 0.4) is 0 Å². The average Bonchev–Trinajstić information content (AvgIpc) is 3.54. The largest absolute Gasteiger partial charge is 0.419 e. The van der Waals surface area contributed by atoms with Crippen molar-refractivity contribution in [2.45, 2.75) is 43.6 Å². The van der Waals surface area contributed by atoms with E-state index in [1.165, 1.54) is 0 Å². The SMILES string of the molecule is FC(F)(F)c1cnc(N[C@H]2CCCNC2)nc1-c1c[nH]c2nc(N3C[C@@H]4C[C@H]3CO4)ccc12. The zero-order chi connectivity index (χ0) is 22.6. The van der Waals surface area contributed by atoms with Crippen LogP contribution in [-0.4, -0.2) is 64.4 Å². The van der Waals surface area contributed by atoms with Crippen LogP contribution in [0.25, 0.3) is 22.3 Å². The van der Waals surface area contributed by atoms with E-state index in [9.17, 15) is 13.2 Å². The van der Waals surface area contributed by atoms with Gasteiger partial charge in [-0.2, -0.15) is 13.2 Å². The van der Waals surface area contributed by atoms with Crippen molar-refractivity contribution >= 4 is 22.8 Å². The molecule has 8 nitrogen and oxygen atoms in total. The number of ether oxygens (including phenoxy) is 1. The molecular weight excluding hydrogens is 435 g/mol. The maximum Gasteiger partial charge on any atom is 0.419 e. The third kappa shape index (κ3) is 3.78. The Morgan fingerprint density at radius 3 is 2.85 bits per heavy atom. The number of hydrogen-bond donors (Lipinski definition) is 3. The van der Waals surface area contributed by atoms with Gasteiger partial charge in [-0.1, -0.05) is 0 Å². The molecule has 3 N–H and O–H groups in total. The van der Waals surface area contributed by atoms with Crippen LogP contribution < -0.4 is 15.5 Å². The van der Waals surface area contributed by atoms with E-state index in [0.29, 0.717) is 29.2 Å². The number of nitrogens with one attached hydrogen (secondary N) is 3. The Bertz CT molecular complexity index is 1170. The number of halogens is 3. The molecular formula is C22H24F3N7O. The fourth-order valence-electron chi connectivity index (χ4n) is 5.05. The van der Waals surface area contributed by atoms with Crippen LogP contribution in [0.2, 0.25) is 0 Å². The first-order chi connectivity index (χ1) is 16.0. The quantitative estimate of drug-likeness (QED) is 0.552. The number of piperidine rings is 1. The highest BCUT2D eigenvalue weighted by Gasteiger charge is 2.40. The monoisotopic (exact) mass is 459 g/mol. The maximum atomic E-state index is 13.8. The third-order valence-electron chi connectivity index (χ3n) is 6.70. The van der Waals surface area contributed by atoms with Gasteiger partial charge >= 0.3 is 6.18 Å². The third-order valence-corrected chi connectivity index (χ3v) is 6.70. The highest BCUT2D eigenvalue weighted by atomic mass is 19.4. The Balaban J connectivity index is 1.37. The van der Waals surface area contributed by atoms with Crippen LogP contribution in [0.5, 0.6) is 0 Å². The first-order valence-corrected chi connectivity index (χ1v) is 11.2. The molecule has 0 spiro atoms. The van der Waals surface area contributed by atoms with Crippen molar-refractivity contribution in [3.05, 3.63) is 30.1 Å². The van der Waals surface area contributed by atoms with Crippen molar-refractivity contribution in [1.82, 2.24) is 25.3 Å². The van der Waals surface area contributed by atoms with Crippen molar-refractivity contribution in [3.63, 3.8) is 0 Å². The summed E-state index contributed by atoms with van der Waals surface area (Å²) in [4.78, 5) is 18.2. The van der Waals surface area contributed by atoms with E-state index in [0.717, 1.165) is 50.9 Å². The maximum absolute atomic E-state index is 13.8. The van der Waals surface area contributed by atoms with Crippen molar-refractivity contribution < 1.29 is 17.9 Å². The van der Waals surface area contributed by atoms with E-state index >= 15 is 0 Å². The highest BCUT2D eigenvalue weighted by molar-refractivity contribution is 5.94. The molecule has 0 radical (unpaired) electrons. The number of anilines is 2. The van der Waals surface area contributed by atoms with Crippen LogP contribution in [0.1, 0.15) is 24.8 Å². The molecule has 3 aliphatic heterocycles. The van der Waals surface area contributed by atoms with Crippen molar-refractivity contribution in [1.29, 1.82) is 0 Å². The van der Waals surface area contributed by atoms with E-state index in [2.05, 4.69) is 30.5 Å². The molecule has 3 atom stereocenters. The summed E-state index contributed by atoms with van der Waals surface area (Å²) in [6, 6.07) is 4.06. The topological polar surface area (TPSA) is 91.0 Å². The van der Waals surface area contributed by atoms with Gasteiger partial charge in [0, 0.05) is 42.5 Å². The summed E-state index contributed by atoms with van der Waals surface area (Å²) in [6.45, 7) is 3.13. The molecule has 0 saturated carbocycles. The zero-order valence-corrected chi connectivity index (χ0v) is 17.8. The van der Waals surface area contributed by atoms with Gasteiger partial charge in [0.05, 0.1) is 24.4 Å². The Labute approximate surface area is 188 Å². The van der Waals surface area contributed by atoms with Gasteiger partial charge in [0.15, 0.2) is 0 Å². The summed E-state index contributed by atoms with van der Waals surface area (Å²) in [5, 5.41) is 7.04. The number of nitrogens with zero attached hydrogens (tertiary/aromatic N) is 4. The fourth-order valence-corrected chi connectivity index (χ4v) is 5.05. The van der Waals surface area contributed by atoms with Crippen molar-refractivity contribution in [2.75, 3.05) is 36.5 Å². The molecule has 0 amide bonds. The molecule has 0 unspecified atom stereocenters. The lowest BCUT2D eigenvalue weighted by Crippen LogP contribution is -2.38. The van der Waals surface area contributed by atoms with E-state index in [-0.39, 0.29) is 23.8 Å². The normalized spacial score (nSPS) is 25.2. The second kappa shape index (κ2) is 7.84. The average molecular weight is 459 g/mol. The molecule has 0 aliphatic carbocycles. The van der Waals surface area contributed by atoms with Gasteiger partial charge in [-0.25, -0.2) is 15.0 Å². The molecule has 33 heavy (non-hydrogen) atoms. The number of H-pyrrole nitrogens is 1. The standard InChI is InChI=1S/C22H24F3N7O/c23-22(24,25)17-9-28-21(29-12-2-1-5-26-7-12)31-19(17)16-8-27-20-15(16)3-4-18(30-20)32-10-14-6-13(32)11-33-14/h3-4,8-9,12-14,26H,1-2,5-7,10-11H2,(H,27,30)(H,28,29,31)/t12-,13-,14-/m0/s1. The molecule has 3 fully saturated rings. The summed E-state index contributed by atoms with van der Waals surface area (Å²) in [5.74, 6) is 0.997. The lowest BCUT2D eigenvalue weighted by molar-refractivity contribution is -0.137. The molecule has 0 aromatic carbocycles. The highest BCUT2D eigenvalue weighted by Crippen LogP contribution is 2.39. The summed E-state index contributed by atoms with van der Waals surface area (Å²) in [6.07, 6.45) is 0.950. The number of fused-ring (bicyclic) bond motifs is 3. The fraction of sp³-hybridized carbons (Fsp3) is 0.500. The van der Waals surface area contributed by atoms with E-state index in [1.54, 1.807) is 6.20 Å². The van der Waals surface area contributed by atoms with Gasteiger partial charge in [-0.05, 0) is 37.9 Å². The predicted molar refractivity (Wildman–Crippen MR) is 117 cm³/mol. The Hall–Kier alpha value is -2.92. The first-order valence-electron chi connectivity index (χ1n) is 11.2. The lowest BCUT2D eigenvalue weighted by Gasteiger charge is -2.27. The number of aromatic amines is 1. The van der Waals surface area contributed by atoms with Gasteiger partial charge < -0.3 is 25.3 Å². The van der Waals surface area contributed by atoms with Crippen molar-refractivity contribution in [2.24, 2.45) is 0 Å². The Kier molecular flexibility index (Phi) is 4.91. The van der Waals surface area contributed by atoms with E-state index in [1.807, 2.05) is 12.1 Å². The molecule has 6 rings (SSSR count). The minimum atomic E-state index is -4.58. The molecule has 174 valence electrons. The number of morpholine rings is 1. The van der Waals surface area contributed by atoms with Gasteiger partial charge in [0.2, 0.25) is 5.95 Å². The number of rotatable bonds is 4. The molecule has 6 heterocycles. The molecule has 2 bridgehead atoms. The molecule has 3 aliphatic rings. The van der Waals surface area contributed by atoms with Crippen LogP contribution in [0.4, 0.5) is 24.9 Å². The molecule has 3 saturated heterocycles. The summed E-state index contributed by atoms with van der Waals surface area (Å²) >= 11 is 0. The van der Waals surface area contributed by atoms with Crippen molar-refractivity contribution in [3.8, 4) is 11.3 Å². The zero-order valence-electron chi connectivity index (χ0n) is 17.8. The van der Waals surface area contributed by atoms with E-state index < -0.39 is 11.7 Å². The number of hydrogen-bond acceptors (Lipinski definition) is 7. The molecule has 3 aromatic rings. The van der Waals surface area contributed by atoms with E-state index in [4.69, 9.17) is 9.72 Å². The van der Waals surface area contributed by atoms with Crippen LogP contribution in [-0.2, 0) is 10.9 Å². The smallest absolute Gasteiger partial charge is 0.374 e. The van der Waals surface area contributed by atoms with Gasteiger partial charge in [0.25, 0.3) is 0 Å². The second-order valence-corrected chi connectivity index (χ2v) is 8.91. The summed E-state index contributed by atoms with van der Waals surface area (Å²) in [7, 11) is 0. The second-order valence-electron chi connectivity index (χ2n) is 8.91. The summed E-state index contributed by atoms with van der Waals surface area (Å²) < 4.78 is 47.1. The van der Waals surface area contributed by atoms with Crippen LogP contribution >= 0.6 is 0 Å². The number of pyridine rings is 1. The Morgan fingerprint density at radius 1 is 1.21 bits per heavy atom. The Morgan fingerprint density at radius 2 is 2.12 bits per heavy atom. The lowest BCUT2D eigenvalue weighted by atomic mass is 10.1. The van der Waals surface area contributed by atoms with Gasteiger partial charge in [0.1, 0.15) is 17.0 Å². The van der Waals surface area contributed by atoms with Gasteiger partial charge in [-0.3, -0.25) is 0 Å².